The van der Waals surface area contributed by atoms with Crippen molar-refractivity contribution in [3.63, 3.8) is 0 Å². The predicted octanol–water partition coefficient (Wildman–Crippen LogP) is 2.30. The molecule has 0 saturated carbocycles. The summed E-state index contributed by atoms with van der Waals surface area (Å²) in [6, 6.07) is 7.38. The molecule has 6 nitrogen and oxygen atoms in total. The van der Waals surface area contributed by atoms with E-state index in [0.29, 0.717) is 31.2 Å². The molecule has 0 aliphatic carbocycles. The summed E-state index contributed by atoms with van der Waals surface area (Å²) in [6.07, 6.45) is 1.72. The first-order chi connectivity index (χ1) is 11.6. The van der Waals surface area contributed by atoms with Gasteiger partial charge in [0.15, 0.2) is 0 Å². The molecule has 1 fully saturated rings. The van der Waals surface area contributed by atoms with Crippen LogP contribution in [0.25, 0.3) is 0 Å². The SMILES string of the molecule is CCOC(=O)[C@H]1CCCN(CC(=O)Nc2ccccc2OCC)C1. The van der Waals surface area contributed by atoms with Crippen LogP contribution in [0.5, 0.6) is 5.75 Å². The Morgan fingerprint density at radius 2 is 2.04 bits per heavy atom. The lowest BCUT2D eigenvalue weighted by molar-refractivity contribution is -0.150. The van der Waals surface area contributed by atoms with Gasteiger partial charge in [-0.3, -0.25) is 14.5 Å². The second kappa shape index (κ2) is 9.27. The van der Waals surface area contributed by atoms with Crippen LogP contribution in [0, 0.1) is 5.92 Å². The molecule has 1 atom stereocenters. The second-order valence-electron chi connectivity index (χ2n) is 5.80. The molecule has 0 radical (unpaired) electrons. The number of piperidine rings is 1. The molecule has 1 aromatic carbocycles. The number of hydrogen-bond acceptors (Lipinski definition) is 5. The highest BCUT2D eigenvalue weighted by Gasteiger charge is 2.27. The molecule has 1 aliphatic heterocycles. The van der Waals surface area contributed by atoms with Crippen LogP contribution in [-0.2, 0) is 14.3 Å². The average Bonchev–Trinajstić information content (AvgIpc) is 2.57. The molecule has 1 aromatic rings. The van der Waals surface area contributed by atoms with Crippen LogP contribution < -0.4 is 10.1 Å². The fraction of sp³-hybridized carbons (Fsp3) is 0.556. The standard InChI is InChI=1S/C18H26N2O4/c1-3-23-16-10-6-5-9-15(16)19-17(21)13-20-11-7-8-14(12-20)18(22)24-4-2/h5-6,9-10,14H,3-4,7-8,11-13H2,1-2H3,(H,19,21)/t14-/m0/s1. The highest BCUT2D eigenvalue weighted by molar-refractivity contribution is 5.93. The topological polar surface area (TPSA) is 67.9 Å². The molecule has 6 heteroatoms. The average molecular weight is 334 g/mol. The normalized spacial score (nSPS) is 18.0. The van der Waals surface area contributed by atoms with E-state index in [4.69, 9.17) is 9.47 Å². The van der Waals surface area contributed by atoms with Gasteiger partial charge in [0.1, 0.15) is 5.75 Å². The Hall–Kier alpha value is -2.08. The van der Waals surface area contributed by atoms with Crippen molar-refractivity contribution in [3.05, 3.63) is 24.3 Å². The van der Waals surface area contributed by atoms with Gasteiger partial charge in [-0.05, 0) is 45.4 Å². The molecule has 24 heavy (non-hydrogen) atoms. The Bertz CT molecular complexity index is 562. The van der Waals surface area contributed by atoms with E-state index in [9.17, 15) is 9.59 Å². The maximum atomic E-state index is 12.3. The van der Waals surface area contributed by atoms with E-state index in [1.54, 1.807) is 0 Å². The number of nitrogens with zero attached hydrogens (tertiary/aromatic N) is 1. The summed E-state index contributed by atoms with van der Waals surface area (Å²) in [7, 11) is 0. The number of ether oxygens (including phenoxy) is 2. The molecule has 1 amide bonds. The summed E-state index contributed by atoms with van der Waals surface area (Å²) in [5, 5.41) is 2.89. The van der Waals surface area contributed by atoms with Crippen LogP contribution in [-0.4, -0.2) is 49.6 Å². The Labute approximate surface area is 143 Å². The summed E-state index contributed by atoms with van der Waals surface area (Å²) in [6.45, 7) is 6.29. The van der Waals surface area contributed by atoms with Crippen molar-refractivity contribution in [2.24, 2.45) is 5.92 Å². The van der Waals surface area contributed by atoms with Gasteiger partial charge in [-0.15, -0.1) is 0 Å². The molecule has 0 unspecified atom stereocenters. The summed E-state index contributed by atoms with van der Waals surface area (Å²) in [5.41, 5.74) is 0.670. The zero-order valence-electron chi connectivity index (χ0n) is 14.4. The van der Waals surface area contributed by atoms with E-state index in [2.05, 4.69) is 5.32 Å². The summed E-state index contributed by atoms with van der Waals surface area (Å²) >= 11 is 0. The van der Waals surface area contributed by atoms with Gasteiger partial charge in [0.2, 0.25) is 5.91 Å². The third kappa shape index (κ3) is 5.23. The molecule has 1 heterocycles. The van der Waals surface area contributed by atoms with Crippen molar-refractivity contribution in [2.75, 3.05) is 38.2 Å². The third-order valence-electron chi connectivity index (χ3n) is 3.95. The van der Waals surface area contributed by atoms with Crippen molar-refractivity contribution in [2.45, 2.75) is 26.7 Å². The Balaban J connectivity index is 1.89. The van der Waals surface area contributed by atoms with Crippen molar-refractivity contribution >= 4 is 17.6 Å². The number of esters is 1. The van der Waals surface area contributed by atoms with Gasteiger partial charge >= 0.3 is 5.97 Å². The lowest BCUT2D eigenvalue weighted by atomic mass is 9.98. The zero-order chi connectivity index (χ0) is 17.4. The molecule has 0 aromatic heterocycles. The van der Waals surface area contributed by atoms with Gasteiger partial charge in [0, 0.05) is 6.54 Å². The van der Waals surface area contributed by atoms with Crippen LogP contribution >= 0.6 is 0 Å². The quantitative estimate of drug-likeness (QED) is 0.775. The molecule has 0 spiro atoms. The summed E-state index contributed by atoms with van der Waals surface area (Å²) in [5.74, 6) is 0.259. The van der Waals surface area contributed by atoms with Crippen LogP contribution in [0.3, 0.4) is 0 Å². The lowest BCUT2D eigenvalue weighted by Crippen LogP contribution is -2.43. The molecule has 2 rings (SSSR count). The van der Waals surface area contributed by atoms with E-state index >= 15 is 0 Å². The van der Waals surface area contributed by atoms with E-state index in [1.807, 2.05) is 43.0 Å². The number of likely N-dealkylation sites (tertiary alicyclic amines) is 1. The molecule has 0 bridgehead atoms. The highest BCUT2D eigenvalue weighted by atomic mass is 16.5. The lowest BCUT2D eigenvalue weighted by Gasteiger charge is -2.30. The second-order valence-corrected chi connectivity index (χ2v) is 5.80. The van der Waals surface area contributed by atoms with Gasteiger partial charge in [0.05, 0.1) is 31.4 Å². The van der Waals surface area contributed by atoms with Crippen LogP contribution in [0.15, 0.2) is 24.3 Å². The monoisotopic (exact) mass is 334 g/mol. The van der Waals surface area contributed by atoms with Crippen LogP contribution in [0.2, 0.25) is 0 Å². The van der Waals surface area contributed by atoms with Crippen LogP contribution in [0.4, 0.5) is 5.69 Å². The van der Waals surface area contributed by atoms with E-state index in [0.717, 1.165) is 19.4 Å². The smallest absolute Gasteiger partial charge is 0.310 e. The molecular formula is C18H26N2O4. The van der Waals surface area contributed by atoms with Gasteiger partial charge in [-0.1, -0.05) is 12.1 Å². The minimum atomic E-state index is -0.163. The van der Waals surface area contributed by atoms with Crippen molar-refractivity contribution in [1.29, 1.82) is 0 Å². The molecule has 1 N–H and O–H groups in total. The number of amides is 1. The van der Waals surface area contributed by atoms with Gasteiger partial charge < -0.3 is 14.8 Å². The molecule has 1 saturated heterocycles. The fourth-order valence-corrected chi connectivity index (χ4v) is 2.90. The molecular weight excluding hydrogens is 308 g/mol. The zero-order valence-corrected chi connectivity index (χ0v) is 14.4. The summed E-state index contributed by atoms with van der Waals surface area (Å²) < 4.78 is 10.6. The summed E-state index contributed by atoms with van der Waals surface area (Å²) in [4.78, 5) is 26.2. The maximum absolute atomic E-state index is 12.3. The first kappa shape index (κ1) is 18.3. The number of carbonyl (C=O) groups is 2. The fourth-order valence-electron chi connectivity index (χ4n) is 2.90. The first-order valence-electron chi connectivity index (χ1n) is 8.54. The molecule has 132 valence electrons. The minimum absolute atomic E-state index is 0.105. The highest BCUT2D eigenvalue weighted by Crippen LogP contribution is 2.24. The van der Waals surface area contributed by atoms with Crippen molar-refractivity contribution in [3.8, 4) is 5.75 Å². The number of carbonyl (C=O) groups excluding carboxylic acids is 2. The van der Waals surface area contributed by atoms with Crippen molar-refractivity contribution in [1.82, 2.24) is 4.90 Å². The van der Waals surface area contributed by atoms with Gasteiger partial charge in [-0.2, -0.15) is 0 Å². The predicted molar refractivity (Wildman–Crippen MR) is 92.0 cm³/mol. The minimum Gasteiger partial charge on any atom is -0.492 e. The number of para-hydroxylation sites is 2. The Morgan fingerprint density at radius 3 is 2.79 bits per heavy atom. The van der Waals surface area contributed by atoms with E-state index in [1.165, 1.54) is 0 Å². The third-order valence-corrected chi connectivity index (χ3v) is 3.95. The first-order valence-corrected chi connectivity index (χ1v) is 8.54. The number of nitrogens with one attached hydrogen (secondary N) is 1. The van der Waals surface area contributed by atoms with Gasteiger partial charge in [0.25, 0.3) is 0 Å². The number of hydrogen-bond donors (Lipinski definition) is 1. The van der Waals surface area contributed by atoms with Crippen LogP contribution in [0.1, 0.15) is 26.7 Å². The van der Waals surface area contributed by atoms with Gasteiger partial charge in [-0.25, -0.2) is 0 Å². The maximum Gasteiger partial charge on any atom is 0.310 e. The van der Waals surface area contributed by atoms with Crippen molar-refractivity contribution < 1.29 is 19.1 Å². The largest absolute Gasteiger partial charge is 0.492 e. The Kier molecular flexibility index (Phi) is 7.06. The Morgan fingerprint density at radius 1 is 1.25 bits per heavy atom. The van der Waals surface area contributed by atoms with E-state index < -0.39 is 0 Å². The van der Waals surface area contributed by atoms with E-state index in [-0.39, 0.29) is 24.3 Å². The number of anilines is 1. The molecule has 1 aliphatic rings. The number of rotatable bonds is 7. The number of benzene rings is 1.